The van der Waals surface area contributed by atoms with Gasteiger partial charge in [-0.1, -0.05) is 6.08 Å². The summed E-state index contributed by atoms with van der Waals surface area (Å²) in [5, 5.41) is 8.65. The maximum Gasteiger partial charge on any atom is 0.323 e. The first-order valence-corrected chi connectivity index (χ1v) is 6.75. The van der Waals surface area contributed by atoms with Gasteiger partial charge in [-0.2, -0.15) is 0 Å². The Hall–Kier alpha value is -1.37. The van der Waals surface area contributed by atoms with Crippen molar-refractivity contribution in [1.29, 1.82) is 0 Å². The Balaban J connectivity index is 5.21. The second-order valence-electron chi connectivity index (χ2n) is 4.15. The van der Waals surface area contributed by atoms with Gasteiger partial charge in [0.2, 0.25) is 5.91 Å². The Morgan fingerprint density at radius 3 is 2.18 bits per heavy atom. The molecule has 0 atom stereocenters. The fourth-order valence-corrected chi connectivity index (χ4v) is 1.52. The lowest BCUT2D eigenvalue weighted by Gasteiger charge is -2.28. The van der Waals surface area contributed by atoms with E-state index in [1.54, 1.807) is 0 Å². The number of carbonyl (C=O) groups is 2. The molecular weight excluding hydrogens is 246 g/mol. The lowest BCUT2D eigenvalue weighted by atomic mass is 10.1. The molecule has 7 heteroatoms. The number of rotatable bonds is 6. The zero-order chi connectivity index (χ0) is 13.9. The molecule has 0 radical (unpaired) electrons. The molecule has 0 unspecified atom stereocenters. The summed E-state index contributed by atoms with van der Waals surface area (Å²) in [6.45, 7) is 5.34. The average molecular weight is 263 g/mol. The predicted molar refractivity (Wildman–Crippen MR) is 63.3 cm³/mol. The molecule has 0 saturated carbocycles. The molecule has 0 saturated heterocycles. The molecule has 0 aromatic heterocycles. The minimum Gasteiger partial charge on any atom is -0.480 e. The summed E-state index contributed by atoms with van der Waals surface area (Å²) in [5.74, 6) is -1.95. The molecule has 0 aliphatic heterocycles. The minimum atomic E-state index is -3.62. The van der Waals surface area contributed by atoms with E-state index in [2.05, 4.69) is 6.58 Å². The molecular formula is C10H17NO5S. The van der Waals surface area contributed by atoms with Crippen molar-refractivity contribution in [2.45, 2.75) is 18.6 Å². The van der Waals surface area contributed by atoms with Crippen LogP contribution in [-0.4, -0.2) is 54.4 Å². The molecule has 0 aromatic carbocycles. The quantitative estimate of drug-likeness (QED) is 0.676. The fourth-order valence-electron chi connectivity index (χ4n) is 1.08. The molecule has 1 amide bonds. The van der Waals surface area contributed by atoms with Crippen LogP contribution in [0.25, 0.3) is 0 Å². The third-order valence-corrected chi connectivity index (χ3v) is 4.43. The molecule has 0 aromatic rings. The smallest absolute Gasteiger partial charge is 0.323 e. The Morgan fingerprint density at radius 1 is 1.41 bits per heavy atom. The minimum absolute atomic E-state index is 0.00984. The van der Waals surface area contributed by atoms with Crippen molar-refractivity contribution in [2.24, 2.45) is 0 Å². The van der Waals surface area contributed by atoms with E-state index in [1.165, 1.54) is 19.9 Å². The second kappa shape index (κ2) is 5.31. The fraction of sp³-hybridized carbons (Fsp3) is 0.600. The highest BCUT2D eigenvalue weighted by atomic mass is 32.2. The van der Waals surface area contributed by atoms with Crippen molar-refractivity contribution in [2.75, 3.05) is 19.3 Å². The third kappa shape index (κ3) is 3.85. The van der Waals surface area contributed by atoms with Crippen LogP contribution in [-0.2, 0) is 19.4 Å². The van der Waals surface area contributed by atoms with Crippen molar-refractivity contribution in [3.63, 3.8) is 0 Å². The highest BCUT2D eigenvalue weighted by Gasteiger charge is 2.41. The van der Waals surface area contributed by atoms with Gasteiger partial charge in [-0.25, -0.2) is 8.42 Å². The van der Waals surface area contributed by atoms with Gasteiger partial charge in [0.25, 0.3) is 0 Å². The number of sulfone groups is 1. The summed E-state index contributed by atoms with van der Waals surface area (Å²) in [4.78, 5) is 23.5. The van der Waals surface area contributed by atoms with Crippen LogP contribution >= 0.6 is 0 Å². The predicted octanol–water partition coefficient (Wildman–Crippen LogP) is -0.0912. The number of carbonyl (C=O) groups excluding carboxylic acids is 1. The highest BCUT2D eigenvalue weighted by molar-refractivity contribution is 7.92. The van der Waals surface area contributed by atoms with Gasteiger partial charge in [0, 0.05) is 12.8 Å². The first-order valence-electron chi connectivity index (χ1n) is 4.85. The van der Waals surface area contributed by atoms with Crippen LogP contribution in [0.5, 0.6) is 0 Å². The standard InChI is InChI=1S/C10H17NO5S/c1-5-6-11(7-8(12)13)9(14)10(2,3)17(4,15)16/h5H,1,6-7H2,2-4H3,(H,12,13). The van der Waals surface area contributed by atoms with Gasteiger partial charge >= 0.3 is 5.97 Å². The maximum atomic E-state index is 12.0. The van der Waals surface area contributed by atoms with Crippen LogP contribution < -0.4 is 0 Å². The molecule has 98 valence electrons. The first kappa shape index (κ1) is 15.6. The van der Waals surface area contributed by atoms with Crippen molar-refractivity contribution in [3.8, 4) is 0 Å². The van der Waals surface area contributed by atoms with Gasteiger partial charge in [-0.05, 0) is 13.8 Å². The van der Waals surface area contributed by atoms with E-state index in [0.29, 0.717) is 0 Å². The van der Waals surface area contributed by atoms with Crippen LogP contribution in [0, 0.1) is 0 Å². The lowest BCUT2D eigenvalue weighted by Crippen LogP contribution is -2.51. The summed E-state index contributed by atoms with van der Waals surface area (Å²) < 4.78 is 21.3. The number of hydrogen-bond donors (Lipinski definition) is 1. The van der Waals surface area contributed by atoms with Crippen molar-refractivity contribution >= 4 is 21.7 Å². The number of carboxylic acid groups (broad SMARTS) is 1. The van der Waals surface area contributed by atoms with E-state index >= 15 is 0 Å². The maximum absolute atomic E-state index is 12.0. The monoisotopic (exact) mass is 263 g/mol. The molecule has 0 aliphatic rings. The molecule has 0 heterocycles. The van der Waals surface area contributed by atoms with Crippen LogP contribution in [0.1, 0.15) is 13.8 Å². The van der Waals surface area contributed by atoms with Gasteiger partial charge in [0.05, 0.1) is 0 Å². The lowest BCUT2D eigenvalue weighted by molar-refractivity contribution is -0.144. The van der Waals surface area contributed by atoms with Gasteiger partial charge in [-0.3, -0.25) is 9.59 Å². The highest BCUT2D eigenvalue weighted by Crippen LogP contribution is 2.18. The number of aliphatic carboxylic acids is 1. The Labute approximate surface area is 101 Å². The molecule has 17 heavy (non-hydrogen) atoms. The number of amides is 1. The van der Waals surface area contributed by atoms with Crippen LogP contribution in [0.3, 0.4) is 0 Å². The van der Waals surface area contributed by atoms with Crippen molar-refractivity contribution in [1.82, 2.24) is 4.90 Å². The SMILES string of the molecule is C=CCN(CC(=O)O)C(=O)C(C)(C)S(C)(=O)=O. The number of hydrogen-bond acceptors (Lipinski definition) is 4. The Morgan fingerprint density at radius 2 is 1.88 bits per heavy atom. The van der Waals surface area contributed by atoms with Crippen LogP contribution in [0.15, 0.2) is 12.7 Å². The molecule has 1 N–H and O–H groups in total. The zero-order valence-corrected chi connectivity index (χ0v) is 11.0. The molecule has 0 rings (SSSR count). The Kier molecular flexibility index (Phi) is 4.88. The number of nitrogens with zero attached hydrogens (tertiary/aromatic N) is 1. The molecule has 0 aliphatic carbocycles. The third-order valence-electron chi connectivity index (χ3n) is 2.40. The summed E-state index contributed by atoms with van der Waals surface area (Å²) >= 11 is 0. The average Bonchev–Trinajstić information content (AvgIpc) is 2.13. The van der Waals surface area contributed by atoms with Crippen LogP contribution in [0.2, 0.25) is 0 Å². The summed E-state index contributed by atoms with van der Waals surface area (Å²) in [7, 11) is -3.62. The largest absolute Gasteiger partial charge is 0.480 e. The van der Waals surface area contributed by atoms with E-state index in [4.69, 9.17) is 5.11 Å². The second-order valence-corrected chi connectivity index (χ2v) is 6.72. The normalized spacial score (nSPS) is 11.9. The van der Waals surface area contributed by atoms with Gasteiger partial charge in [-0.15, -0.1) is 6.58 Å². The Bertz CT molecular complexity index is 424. The van der Waals surface area contributed by atoms with E-state index in [1.807, 2.05) is 0 Å². The topological polar surface area (TPSA) is 91.8 Å². The number of carboxylic acids is 1. The van der Waals surface area contributed by atoms with E-state index in [9.17, 15) is 18.0 Å². The molecule has 6 nitrogen and oxygen atoms in total. The summed E-state index contributed by atoms with van der Waals surface area (Å²) in [6.07, 6.45) is 2.29. The summed E-state index contributed by atoms with van der Waals surface area (Å²) in [5.41, 5.74) is 0. The van der Waals surface area contributed by atoms with Gasteiger partial charge in [0.15, 0.2) is 9.84 Å². The first-order chi connectivity index (χ1) is 7.54. The van der Waals surface area contributed by atoms with Gasteiger partial charge < -0.3 is 10.0 Å². The van der Waals surface area contributed by atoms with Crippen molar-refractivity contribution < 1.29 is 23.1 Å². The zero-order valence-electron chi connectivity index (χ0n) is 10.1. The van der Waals surface area contributed by atoms with Crippen LogP contribution in [0.4, 0.5) is 0 Å². The van der Waals surface area contributed by atoms with E-state index < -0.39 is 33.0 Å². The molecule has 0 bridgehead atoms. The van der Waals surface area contributed by atoms with Gasteiger partial charge in [0.1, 0.15) is 11.3 Å². The molecule has 0 fully saturated rings. The van der Waals surface area contributed by atoms with E-state index in [-0.39, 0.29) is 6.54 Å². The molecule has 0 spiro atoms. The summed E-state index contributed by atoms with van der Waals surface area (Å²) in [6, 6.07) is 0. The van der Waals surface area contributed by atoms with E-state index in [0.717, 1.165) is 11.2 Å². The van der Waals surface area contributed by atoms with Crippen molar-refractivity contribution in [3.05, 3.63) is 12.7 Å².